The SMILES string of the molecule is CC.CCCN(CCC)C(=O)c1cc(C(=O)O)cc(-c2ncco2)c1.CCc1cccc(CNCCCN)c1.Cc1cc(F)cc(F)c1. The third-order valence-corrected chi connectivity index (χ3v) is 6.67. The lowest BCUT2D eigenvalue weighted by molar-refractivity contribution is 0.0697. The Hall–Kier alpha value is -4.41. The molecule has 3 aromatic carbocycles. The monoisotopic (exact) mass is 666 g/mol. The Balaban J connectivity index is 0.000000390. The molecule has 0 atom stereocenters. The van der Waals surface area contributed by atoms with Crippen LogP contribution in [0, 0.1) is 18.6 Å². The largest absolute Gasteiger partial charge is 0.478 e. The highest BCUT2D eigenvalue weighted by Gasteiger charge is 2.19. The van der Waals surface area contributed by atoms with Crippen LogP contribution >= 0.6 is 0 Å². The van der Waals surface area contributed by atoms with E-state index >= 15 is 0 Å². The standard InChI is InChI=1S/C17H20N2O4.C12H20N2.C7H6F2.C2H6/c1-3-6-19(7-4-2)16(20)13-9-12(15-18-5-8-23-15)10-14(11-13)17(21)22;1-2-11-5-3-6-12(9-11)10-14-8-4-7-13;1-5-2-6(8)4-7(9)3-5;1-2/h5,8-11H,3-4,6-7H2,1-2H3,(H,21,22);3,5-6,9,14H,2,4,7-8,10,13H2,1H3;2-4H,1H3;1-2H3. The molecule has 0 radical (unpaired) electrons. The minimum Gasteiger partial charge on any atom is -0.478 e. The summed E-state index contributed by atoms with van der Waals surface area (Å²) in [5, 5.41) is 12.7. The molecule has 0 saturated carbocycles. The summed E-state index contributed by atoms with van der Waals surface area (Å²) in [5.41, 5.74) is 9.64. The van der Waals surface area contributed by atoms with Crippen LogP contribution in [0.25, 0.3) is 11.5 Å². The predicted octanol–water partition coefficient (Wildman–Crippen LogP) is 8.29. The van der Waals surface area contributed by atoms with Crippen LogP contribution in [-0.2, 0) is 13.0 Å². The molecule has 1 amide bonds. The van der Waals surface area contributed by atoms with Gasteiger partial charge in [0.2, 0.25) is 5.89 Å². The van der Waals surface area contributed by atoms with Crippen molar-refractivity contribution >= 4 is 11.9 Å². The Morgan fingerprint density at radius 1 is 0.917 bits per heavy atom. The zero-order valence-electron chi connectivity index (χ0n) is 29.2. The number of carbonyl (C=O) groups is 2. The smallest absolute Gasteiger partial charge is 0.335 e. The minimum atomic E-state index is -1.09. The third kappa shape index (κ3) is 15.5. The van der Waals surface area contributed by atoms with Crippen molar-refractivity contribution in [2.24, 2.45) is 5.73 Å². The summed E-state index contributed by atoms with van der Waals surface area (Å²) in [6.07, 6.45) is 6.73. The van der Waals surface area contributed by atoms with E-state index in [1.165, 1.54) is 47.9 Å². The molecule has 4 aromatic rings. The van der Waals surface area contributed by atoms with E-state index in [0.717, 1.165) is 51.4 Å². The van der Waals surface area contributed by atoms with Gasteiger partial charge < -0.3 is 25.5 Å². The molecule has 0 bridgehead atoms. The van der Waals surface area contributed by atoms with Gasteiger partial charge in [0.15, 0.2) is 0 Å². The number of hydrogen-bond acceptors (Lipinski definition) is 6. The molecule has 1 aromatic heterocycles. The average molecular weight is 667 g/mol. The van der Waals surface area contributed by atoms with Gasteiger partial charge in [-0.2, -0.15) is 0 Å². The van der Waals surface area contributed by atoms with Gasteiger partial charge in [-0.3, -0.25) is 4.79 Å². The molecule has 8 nitrogen and oxygen atoms in total. The number of aromatic nitrogens is 1. The van der Waals surface area contributed by atoms with Gasteiger partial charge in [-0.1, -0.05) is 58.9 Å². The molecule has 4 rings (SSSR count). The van der Waals surface area contributed by atoms with Crippen molar-refractivity contribution in [2.45, 2.75) is 73.8 Å². The van der Waals surface area contributed by atoms with Crippen molar-refractivity contribution in [1.29, 1.82) is 0 Å². The van der Waals surface area contributed by atoms with E-state index in [-0.39, 0.29) is 11.5 Å². The van der Waals surface area contributed by atoms with Crippen LogP contribution < -0.4 is 11.1 Å². The lowest BCUT2D eigenvalue weighted by atomic mass is 10.0. The van der Waals surface area contributed by atoms with Crippen LogP contribution in [0.2, 0.25) is 0 Å². The Bertz CT molecular complexity index is 1440. The van der Waals surface area contributed by atoms with Crippen LogP contribution in [-0.4, -0.2) is 53.0 Å². The Kier molecular flexibility index (Phi) is 20.7. The number of halogens is 2. The zero-order valence-corrected chi connectivity index (χ0v) is 29.2. The van der Waals surface area contributed by atoms with E-state index in [2.05, 4.69) is 41.5 Å². The van der Waals surface area contributed by atoms with Gasteiger partial charge in [-0.15, -0.1) is 0 Å². The van der Waals surface area contributed by atoms with E-state index in [9.17, 15) is 23.5 Å². The maximum Gasteiger partial charge on any atom is 0.335 e. The highest BCUT2D eigenvalue weighted by Crippen LogP contribution is 2.22. The van der Waals surface area contributed by atoms with Gasteiger partial charge in [-0.25, -0.2) is 18.6 Å². The second-order valence-electron chi connectivity index (χ2n) is 10.7. The second kappa shape index (κ2) is 23.8. The van der Waals surface area contributed by atoms with Crippen molar-refractivity contribution < 1.29 is 27.9 Å². The maximum absolute atomic E-state index is 12.7. The van der Waals surface area contributed by atoms with Crippen LogP contribution in [0.5, 0.6) is 0 Å². The maximum atomic E-state index is 12.7. The molecule has 0 fully saturated rings. The van der Waals surface area contributed by atoms with Gasteiger partial charge in [0.25, 0.3) is 5.91 Å². The average Bonchev–Trinajstić information content (AvgIpc) is 3.63. The Morgan fingerprint density at radius 3 is 2.06 bits per heavy atom. The molecule has 0 spiro atoms. The van der Waals surface area contributed by atoms with Gasteiger partial charge in [0.1, 0.15) is 17.9 Å². The number of benzene rings is 3. The fourth-order valence-corrected chi connectivity index (χ4v) is 4.51. The summed E-state index contributed by atoms with van der Waals surface area (Å²) in [4.78, 5) is 29.8. The fourth-order valence-electron chi connectivity index (χ4n) is 4.51. The molecule has 0 aliphatic heterocycles. The first-order valence-corrected chi connectivity index (χ1v) is 16.6. The van der Waals surface area contributed by atoms with Gasteiger partial charge >= 0.3 is 5.97 Å². The van der Waals surface area contributed by atoms with Crippen molar-refractivity contribution in [3.63, 3.8) is 0 Å². The number of nitrogens with one attached hydrogen (secondary N) is 1. The summed E-state index contributed by atoms with van der Waals surface area (Å²) in [7, 11) is 0. The molecule has 0 unspecified atom stereocenters. The molecule has 0 aliphatic carbocycles. The van der Waals surface area contributed by atoms with Crippen molar-refractivity contribution in [2.75, 3.05) is 26.2 Å². The topological polar surface area (TPSA) is 122 Å². The Morgan fingerprint density at radius 2 is 1.54 bits per heavy atom. The van der Waals surface area contributed by atoms with E-state index in [4.69, 9.17) is 10.2 Å². The van der Waals surface area contributed by atoms with Crippen LogP contribution in [0.15, 0.2) is 77.5 Å². The molecule has 4 N–H and O–H groups in total. The number of nitrogens with two attached hydrogens (primary N) is 1. The van der Waals surface area contributed by atoms with Crippen molar-refractivity contribution in [1.82, 2.24) is 15.2 Å². The number of aromatic carboxylic acids is 1. The highest BCUT2D eigenvalue weighted by molar-refractivity contribution is 5.99. The summed E-state index contributed by atoms with van der Waals surface area (Å²) in [6.45, 7) is 15.8. The summed E-state index contributed by atoms with van der Waals surface area (Å²) in [5.74, 6) is -2.02. The lowest BCUT2D eigenvalue weighted by Gasteiger charge is -2.22. The first-order chi connectivity index (χ1) is 23.1. The Labute approximate surface area is 284 Å². The van der Waals surface area contributed by atoms with Gasteiger partial charge in [-0.05, 0) is 92.7 Å². The molecule has 0 saturated heterocycles. The number of carbonyl (C=O) groups excluding carboxylic acids is 1. The number of carboxylic acids is 1. The number of aryl methyl sites for hydroxylation is 2. The molecule has 48 heavy (non-hydrogen) atoms. The van der Waals surface area contributed by atoms with Gasteiger partial charge in [0.05, 0.1) is 11.8 Å². The number of hydrogen-bond donors (Lipinski definition) is 3. The van der Waals surface area contributed by atoms with E-state index in [1.54, 1.807) is 17.9 Å². The molecular formula is C38H52F2N4O4. The molecular weight excluding hydrogens is 614 g/mol. The molecule has 1 heterocycles. The summed E-state index contributed by atoms with van der Waals surface area (Å²) in [6, 6.07) is 16.6. The van der Waals surface area contributed by atoms with Crippen LogP contribution in [0.3, 0.4) is 0 Å². The van der Waals surface area contributed by atoms with E-state index < -0.39 is 17.6 Å². The normalized spacial score (nSPS) is 10.0. The number of rotatable bonds is 13. The van der Waals surface area contributed by atoms with Crippen LogP contribution in [0.4, 0.5) is 8.78 Å². The summed E-state index contributed by atoms with van der Waals surface area (Å²) < 4.78 is 29.6. The number of nitrogens with zero attached hydrogens (tertiary/aromatic N) is 2. The third-order valence-electron chi connectivity index (χ3n) is 6.67. The fraction of sp³-hybridized carbons (Fsp3) is 0.395. The zero-order chi connectivity index (χ0) is 35.9. The molecule has 10 heteroatoms. The highest BCUT2D eigenvalue weighted by atomic mass is 19.1. The number of amides is 1. The lowest BCUT2D eigenvalue weighted by Crippen LogP contribution is -2.32. The first-order valence-electron chi connectivity index (χ1n) is 16.6. The molecule has 0 aliphatic rings. The van der Waals surface area contributed by atoms with Gasteiger partial charge in [0, 0.05) is 36.8 Å². The van der Waals surface area contributed by atoms with Crippen molar-refractivity contribution in [3.8, 4) is 11.5 Å². The predicted molar refractivity (Wildman–Crippen MR) is 189 cm³/mol. The van der Waals surface area contributed by atoms with Crippen LogP contribution in [0.1, 0.15) is 91.3 Å². The first kappa shape index (κ1) is 41.6. The summed E-state index contributed by atoms with van der Waals surface area (Å²) >= 11 is 0. The van der Waals surface area contributed by atoms with E-state index in [0.29, 0.717) is 35.7 Å². The minimum absolute atomic E-state index is 0.0389. The quantitative estimate of drug-likeness (QED) is 0.123. The second-order valence-corrected chi connectivity index (χ2v) is 10.7. The number of oxazole rings is 1. The van der Waals surface area contributed by atoms with E-state index in [1.807, 2.05) is 27.7 Å². The molecule has 262 valence electrons. The number of carboxylic acid groups (broad SMARTS) is 1. The van der Waals surface area contributed by atoms with Crippen molar-refractivity contribution in [3.05, 3.63) is 113 Å².